The number of hydrogen-bond acceptors (Lipinski definition) is 5. The van der Waals surface area contributed by atoms with Gasteiger partial charge in [0.25, 0.3) is 5.91 Å². The summed E-state index contributed by atoms with van der Waals surface area (Å²) in [6, 6.07) is 0. The number of carbonyl (C=O) groups is 1. The van der Waals surface area contributed by atoms with Crippen LogP contribution in [0.2, 0.25) is 0 Å². The number of carbonyl (C=O) groups excluding carboxylic acids is 1. The van der Waals surface area contributed by atoms with Crippen LogP contribution in [-0.2, 0) is 0 Å². The van der Waals surface area contributed by atoms with Gasteiger partial charge in [-0.05, 0) is 25.8 Å². The average molecular weight is 278 g/mol. The fourth-order valence-electron chi connectivity index (χ4n) is 1.87. The first-order chi connectivity index (χ1) is 9.06. The third kappa shape index (κ3) is 2.53. The van der Waals surface area contributed by atoms with Gasteiger partial charge in [-0.3, -0.25) is 4.79 Å². The first-order valence-corrected chi connectivity index (χ1v) is 7.18. The summed E-state index contributed by atoms with van der Waals surface area (Å²) in [4.78, 5) is 13.3. The van der Waals surface area contributed by atoms with Crippen LogP contribution in [0, 0.1) is 13.8 Å². The van der Waals surface area contributed by atoms with E-state index in [1.54, 1.807) is 0 Å². The molecule has 0 aliphatic heterocycles. The summed E-state index contributed by atoms with van der Waals surface area (Å²) >= 11 is 1.30. The Morgan fingerprint density at radius 3 is 2.79 bits per heavy atom. The molecule has 0 atom stereocenters. The van der Waals surface area contributed by atoms with Gasteiger partial charge in [-0.25, -0.2) is 0 Å². The Morgan fingerprint density at radius 1 is 1.37 bits per heavy atom. The molecule has 2 rings (SSSR count). The number of amides is 1. The normalized spacial score (nSPS) is 10.9. The standard InChI is InChI=1S/C13H18N4OS/c1-4-5-6-15-12(18)11-10(14)9-7(2)8(3)16-17-13(9)19-11/h4-6,14H2,1-3H3,(H,15,18). The van der Waals surface area contributed by atoms with E-state index >= 15 is 0 Å². The number of fused-ring (bicyclic) bond motifs is 1. The van der Waals surface area contributed by atoms with E-state index in [2.05, 4.69) is 22.4 Å². The summed E-state index contributed by atoms with van der Waals surface area (Å²) in [5.74, 6) is -0.119. The van der Waals surface area contributed by atoms with Crippen molar-refractivity contribution >= 4 is 33.1 Å². The second-order valence-corrected chi connectivity index (χ2v) is 5.54. The molecule has 19 heavy (non-hydrogen) atoms. The lowest BCUT2D eigenvalue weighted by Gasteiger charge is -2.03. The van der Waals surface area contributed by atoms with Crippen molar-refractivity contribution in [1.29, 1.82) is 0 Å². The third-order valence-corrected chi connectivity index (χ3v) is 4.25. The highest BCUT2D eigenvalue weighted by molar-refractivity contribution is 7.21. The zero-order chi connectivity index (χ0) is 14.0. The van der Waals surface area contributed by atoms with Crippen molar-refractivity contribution in [3.63, 3.8) is 0 Å². The van der Waals surface area contributed by atoms with Gasteiger partial charge in [0, 0.05) is 11.9 Å². The molecule has 0 unspecified atom stereocenters. The van der Waals surface area contributed by atoms with Gasteiger partial charge in [0.1, 0.15) is 9.71 Å². The van der Waals surface area contributed by atoms with Crippen molar-refractivity contribution in [2.75, 3.05) is 12.3 Å². The number of hydrogen-bond donors (Lipinski definition) is 2. The van der Waals surface area contributed by atoms with Crippen LogP contribution in [0.25, 0.3) is 10.2 Å². The van der Waals surface area contributed by atoms with E-state index in [-0.39, 0.29) is 5.91 Å². The minimum atomic E-state index is -0.119. The van der Waals surface area contributed by atoms with Crippen LogP contribution in [0.3, 0.4) is 0 Å². The molecule has 0 radical (unpaired) electrons. The van der Waals surface area contributed by atoms with Gasteiger partial charge in [-0.2, -0.15) is 5.10 Å². The number of nitrogens with two attached hydrogens (primary N) is 1. The number of anilines is 1. The molecule has 102 valence electrons. The summed E-state index contributed by atoms with van der Waals surface area (Å²) < 4.78 is 0. The van der Waals surface area contributed by atoms with Crippen molar-refractivity contribution in [3.05, 3.63) is 16.1 Å². The highest BCUT2D eigenvalue weighted by atomic mass is 32.1. The topological polar surface area (TPSA) is 80.9 Å². The molecule has 2 aromatic rings. The molecule has 0 fully saturated rings. The Hall–Kier alpha value is -1.69. The maximum atomic E-state index is 12.1. The van der Waals surface area contributed by atoms with Gasteiger partial charge >= 0.3 is 0 Å². The van der Waals surface area contributed by atoms with Crippen molar-refractivity contribution in [2.45, 2.75) is 33.6 Å². The van der Waals surface area contributed by atoms with E-state index in [0.29, 0.717) is 17.1 Å². The number of thiophene rings is 1. The molecule has 0 spiro atoms. The predicted molar refractivity (Wildman–Crippen MR) is 78.5 cm³/mol. The lowest BCUT2D eigenvalue weighted by Crippen LogP contribution is -2.24. The number of nitrogens with one attached hydrogen (secondary N) is 1. The fraction of sp³-hybridized carbons (Fsp3) is 0.462. The molecule has 0 saturated heterocycles. The molecule has 0 bridgehead atoms. The Morgan fingerprint density at radius 2 is 2.11 bits per heavy atom. The van der Waals surface area contributed by atoms with E-state index in [0.717, 1.165) is 34.3 Å². The molecule has 0 aromatic carbocycles. The molecule has 6 heteroatoms. The predicted octanol–water partition coefficient (Wildman–Crippen LogP) is 2.42. The Kier molecular flexibility index (Phi) is 3.99. The second kappa shape index (κ2) is 5.52. The van der Waals surface area contributed by atoms with Crippen molar-refractivity contribution in [2.24, 2.45) is 0 Å². The zero-order valence-corrected chi connectivity index (χ0v) is 12.2. The summed E-state index contributed by atoms with van der Waals surface area (Å²) in [5.41, 5.74) is 8.45. The third-order valence-electron chi connectivity index (χ3n) is 3.16. The molecule has 0 aliphatic rings. The molecule has 5 nitrogen and oxygen atoms in total. The summed E-state index contributed by atoms with van der Waals surface area (Å²) in [6.45, 7) is 6.60. The maximum Gasteiger partial charge on any atom is 0.263 e. The summed E-state index contributed by atoms with van der Waals surface area (Å²) in [6.07, 6.45) is 2.01. The van der Waals surface area contributed by atoms with Gasteiger partial charge in [0.15, 0.2) is 0 Å². The SMILES string of the molecule is CCCCNC(=O)c1sc2nnc(C)c(C)c2c1N. The second-order valence-electron chi connectivity index (χ2n) is 4.54. The minimum Gasteiger partial charge on any atom is -0.397 e. The molecule has 0 aliphatic carbocycles. The molecular formula is C13H18N4OS. The number of nitrogens with zero attached hydrogens (tertiary/aromatic N) is 2. The van der Waals surface area contributed by atoms with Crippen LogP contribution >= 0.6 is 11.3 Å². The number of nitrogen functional groups attached to an aromatic ring is 1. The number of rotatable bonds is 4. The Bertz CT molecular complexity index is 621. The first-order valence-electron chi connectivity index (χ1n) is 6.36. The van der Waals surface area contributed by atoms with Crippen LogP contribution < -0.4 is 11.1 Å². The maximum absolute atomic E-state index is 12.1. The van der Waals surface area contributed by atoms with Gasteiger partial charge < -0.3 is 11.1 Å². The van der Waals surface area contributed by atoms with Crippen molar-refractivity contribution in [3.8, 4) is 0 Å². The van der Waals surface area contributed by atoms with E-state index in [1.807, 2.05) is 13.8 Å². The highest BCUT2D eigenvalue weighted by Crippen LogP contribution is 2.34. The smallest absolute Gasteiger partial charge is 0.263 e. The first kappa shape index (κ1) is 13.7. The Labute approximate surface area is 116 Å². The quantitative estimate of drug-likeness (QED) is 0.842. The van der Waals surface area contributed by atoms with Crippen LogP contribution in [0.1, 0.15) is 40.7 Å². The monoisotopic (exact) mass is 278 g/mol. The number of aromatic nitrogens is 2. The largest absolute Gasteiger partial charge is 0.397 e. The molecule has 2 aromatic heterocycles. The lowest BCUT2D eigenvalue weighted by atomic mass is 10.1. The van der Waals surface area contributed by atoms with Crippen molar-refractivity contribution in [1.82, 2.24) is 15.5 Å². The molecule has 1 amide bonds. The number of aryl methyl sites for hydroxylation is 2. The molecule has 2 heterocycles. The highest BCUT2D eigenvalue weighted by Gasteiger charge is 2.19. The molecular weight excluding hydrogens is 260 g/mol. The summed E-state index contributed by atoms with van der Waals surface area (Å²) in [7, 11) is 0. The molecule has 3 N–H and O–H groups in total. The van der Waals surface area contributed by atoms with Crippen LogP contribution in [0.15, 0.2) is 0 Å². The molecule has 0 saturated carbocycles. The summed E-state index contributed by atoms with van der Waals surface area (Å²) in [5, 5.41) is 11.9. The van der Waals surface area contributed by atoms with Gasteiger partial charge in [-0.15, -0.1) is 16.4 Å². The van der Waals surface area contributed by atoms with E-state index < -0.39 is 0 Å². The van der Waals surface area contributed by atoms with Gasteiger partial charge in [0.05, 0.1) is 11.4 Å². The van der Waals surface area contributed by atoms with Gasteiger partial charge in [-0.1, -0.05) is 13.3 Å². The number of unbranched alkanes of at least 4 members (excludes halogenated alkanes) is 1. The lowest BCUT2D eigenvalue weighted by molar-refractivity contribution is 0.0958. The van der Waals surface area contributed by atoms with Gasteiger partial charge in [0.2, 0.25) is 0 Å². The van der Waals surface area contributed by atoms with Crippen LogP contribution in [0.5, 0.6) is 0 Å². The fourth-order valence-corrected chi connectivity index (χ4v) is 2.89. The van der Waals surface area contributed by atoms with E-state index in [9.17, 15) is 4.79 Å². The van der Waals surface area contributed by atoms with Crippen LogP contribution in [-0.4, -0.2) is 22.6 Å². The Balaban J connectivity index is 2.37. The van der Waals surface area contributed by atoms with Crippen LogP contribution in [0.4, 0.5) is 5.69 Å². The van der Waals surface area contributed by atoms with E-state index in [1.165, 1.54) is 11.3 Å². The van der Waals surface area contributed by atoms with E-state index in [4.69, 9.17) is 5.73 Å². The zero-order valence-electron chi connectivity index (χ0n) is 11.4. The minimum absolute atomic E-state index is 0.119. The van der Waals surface area contributed by atoms with Crippen molar-refractivity contribution < 1.29 is 4.79 Å². The average Bonchev–Trinajstić information content (AvgIpc) is 2.72.